The SMILES string of the molecule is O=c1c(Br)cccc2ccccc12. The molecule has 0 atom stereocenters. The molecule has 0 unspecified atom stereocenters. The molecule has 1 nitrogen and oxygen atoms in total. The van der Waals surface area contributed by atoms with E-state index < -0.39 is 0 Å². The van der Waals surface area contributed by atoms with E-state index in [1.807, 2.05) is 36.4 Å². The van der Waals surface area contributed by atoms with Crippen LogP contribution in [0, 0.1) is 0 Å². The van der Waals surface area contributed by atoms with Crippen molar-refractivity contribution in [1.82, 2.24) is 0 Å². The molecule has 2 rings (SSSR count). The van der Waals surface area contributed by atoms with Gasteiger partial charge in [-0.1, -0.05) is 36.4 Å². The molecule has 0 amide bonds. The predicted octanol–water partition coefficient (Wildman–Crippen LogP) is 2.96. The summed E-state index contributed by atoms with van der Waals surface area (Å²) in [5.41, 5.74) is 0.0422. The van der Waals surface area contributed by atoms with Gasteiger partial charge in [0.15, 0.2) is 0 Å². The van der Waals surface area contributed by atoms with Gasteiger partial charge in [0, 0.05) is 5.39 Å². The smallest absolute Gasteiger partial charge is 0.200 e. The van der Waals surface area contributed by atoms with E-state index in [0.29, 0.717) is 4.47 Å². The Bertz CT molecular complexity index is 505. The van der Waals surface area contributed by atoms with Crippen LogP contribution < -0.4 is 5.43 Å². The maximum absolute atomic E-state index is 11.7. The van der Waals surface area contributed by atoms with Crippen molar-refractivity contribution in [3.8, 4) is 0 Å². The first-order valence-electron chi connectivity index (χ1n) is 3.96. The fourth-order valence-electron chi connectivity index (χ4n) is 1.29. The summed E-state index contributed by atoms with van der Waals surface area (Å²) in [5, 5.41) is 1.72. The molecule has 0 radical (unpaired) electrons. The lowest BCUT2D eigenvalue weighted by atomic mass is 10.2. The maximum atomic E-state index is 11.7. The summed E-state index contributed by atoms with van der Waals surface area (Å²) < 4.78 is 0.605. The van der Waals surface area contributed by atoms with E-state index in [1.54, 1.807) is 6.07 Å². The number of hydrogen-bond donors (Lipinski definition) is 0. The van der Waals surface area contributed by atoms with E-state index in [1.165, 1.54) is 0 Å². The van der Waals surface area contributed by atoms with E-state index in [9.17, 15) is 4.79 Å². The minimum absolute atomic E-state index is 0.0422. The van der Waals surface area contributed by atoms with E-state index >= 15 is 0 Å². The van der Waals surface area contributed by atoms with Crippen LogP contribution in [0.15, 0.2) is 51.7 Å². The molecular weight excluding hydrogens is 228 g/mol. The molecule has 0 aliphatic rings. The molecule has 0 N–H and O–H groups in total. The first-order valence-corrected chi connectivity index (χ1v) is 4.76. The van der Waals surface area contributed by atoms with Gasteiger partial charge in [0.05, 0.1) is 4.47 Å². The molecule has 0 saturated heterocycles. The molecular formula is C11H7BrO. The Morgan fingerprint density at radius 1 is 0.923 bits per heavy atom. The van der Waals surface area contributed by atoms with Crippen molar-refractivity contribution in [3.63, 3.8) is 0 Å². The molecule has 0 saturated carbocycles. The van der Waals surface area contributed by atoms with Gasteiger partial charge in [0.2, 0.25) is 5.43 Å². The Hall–Kier alpha value is -1.15. The normalized spacial score (nSPS) is 10.2. The second kappa shape index (κ2) is 3.30. The van der Waals surface area contributed by atoms with Crippen LogP contribution in [-0.4, -0.2) is 0 Å². The number of hydrogen-bond acceptors (Lipinski definition) is 1. The zero-order chi connectivity index (χ0) is 9.26. The van der Waals surface area contributed by atoms with Crippen molar-refractivity contribution in [3.05, 3.63) is 57.2 Å². The first-order chi connectivity index (χ1) is 6.29. The van der Waals surface area contributed by atoms with Crippen molar-refractivity contribution in [2.45, 2.75) is 0 Å². The van der Waals surface area contributed by atoms with Crippen LogP contribution in [-0.2, 0) is 0 Å². The molecule has 0 aromatic heterocycles. The Balaban J connectivity index is 3.06. The van der Waals surface area contributed by atoms with Gasteiger partial charge in [-0.05, 0) is 27.4 Å². The van der Waals surface area contributed by atoms with Crippen molar-refractivity contribution in [2.75, 3.05) is 0 Å². The topological polar surface area (TPSA) is 17.1 Å². The Morgan fingerprint density at radius 3 is 2.46 bits per heavy atom. The average Bonchev–Trinajstić information content (AvgIpc) is 2.29. The lowest BCUT2D eigenvalue weighted by molar-refractivity contribution is 1.65. The molecule has 2 heteroatoms. The zero-order valence-corrected chi connectivity index (χ0v) is 8.41. The number of fused-ring (bicyclic) bond motifs is 1. The van der Waals surface area contributed by atoms with Gasteiger partial charge in [-0.3, -0.25) is 4.79 Å². The molecule has 2 aromatic rings. The summed E-state index contributed by atoms with van der Waals surface area (Å²) in [6.45, 7) is 0. The van der Waals surface area contributed by atoms with Crippen molar-refractivity contribution in [1.29, 1.82) is 0 Å². The largest absolute Gasteiger partial charge is 0.288 e. The molecule has 0 aliphatic heterocycles. The fraction of sp³-hybridized carbons (Fsp3) is 0. The lowest BCUT2D eigenvalue weighted by Crippen LogP contribution is -1.97. The van der Waals surface area contributed by atoms with Crippen molar-refractivity contribution >= 4 is 26.7 Å². The minimum Gasteiger partial charge on any atom is -0.288 e. The lowest BCUT2D eigenvalue weighted by Gasteiger charge is -1.88. The average molecular weight is 235 g/mol. The first kappa shape index (κ1) is 8.45. The monoisotopic (exact) mass is 234 g/mol. The van der Waals surface area contributed by atoms with E-state index in [-0.39, 0.29) is 5.43 Å². The van der Waals surface area contributed by atoms with Crippen LogP contribution in [0.2, 0.25) is 0 Å². The van der Waals surface area contributed by atoms with E-state index in [0.717, 1.165) is 10.8 Å². The molecule has 64 valence electrons. The van der Waals surface area contributed by atoms with Crippen molar-refractivity contribution in [2.24, 2.45) is 0 Å². The van der Waals surface area contributed by atoms with Crippen LogP contribution in [0.4, 0.5) is 0 Å². The van der Waals surface area contributed by atoms with Crippen LogP contribution in [0.3, 0.4) is 0 Å². The molecule has 0 spiro atoms. The molecule has 0 bridgehead atoms. The molecule has 0 aliphatic carbocycles. The van der Waals surface area contributed by atoms with Gasteiger partial charge in [0.25, 0.3) is 0 Å². The standard InChI is InChI=1S/C11H7BrO/c12-10-7-3-5-8-4-1-2-6-9(8)11(10)13/h1-7H. The molecule has 13 heavy (non-hydrogen) atoms. The third-order valence-corrected chi connectivity index (χ3v) is 2.57. The Kier molecular flexibility index (Phi) is 2.15. The van der Waals surface area contributed by atoms with Gasteiger partial charge in [-0.25, -0.2) is 0 Å². The van der Waals surface area contributed by atoms with Crippen LogP contribution in [0.5, 0.6) is 0 Å². The molecule has 0 fully saturated rings. The van der Waals surface area contributed by atoms with E-state index in [4.69, 9.17) is 0 Å². The summed E-state index contributed by atoms with van der Waals surface area (Å²) in [6, 6.07) is 13.1. The van der Waals surface area contributed by atoms with Crippen LogP contribution in [0.25, 0.3) is 10.8 Å². The van der Waals surface area contributed by atoms with Gasteiger partial charge in [0.1, 0.15) is 0 Å². The highest BCUT2D eigenvalue weighted by Crippen LogP contribution is 2.11. The highest BCUT2D eigenvalue weighted by atomic mass is 79.9. The van der Waals surface area contributed by atoms with Gasteiger partial charge in [-0.15, -0.1) is 0 Å². The quantitative estimate of drug-likeness (QED) is 0.686. The third kappa shape index (κ3) is 1.49. The highest BCUT2D eigenvalue weighted by molar-refractivity contribution is 9.10. The molecule has 0 heterocycles. The Morgan fingerprint density at radius 2 is 1.62 bits per heavy atom. The van der Waals surface area contributed by atoms with E-state index in [2.05, 4.69) is 15.9 Å². The minimum atomic E-state index is 0.0422. The van der Waals surface area contributed by atoms with Crippen molar-refractivity contribution < 1.29 is 0 Å². The maximum Gasteiger partial charge on any atom is 0.200 e. The second-order valence-corrected chi connectivity index (χ2v) is 3.64. The predicted molar refractivity (Wildman–Crippen MR) is 57.9 cm³/mol. The van der Waals surface area contributed by atoms with Gasteiger partial charge in [-0.2, -0.15) is 0 Å². The second-order valence-electron chi connectivity index (χ2n) is 2.79. The highest BCUT2D eigenvalue weighted by Gasteiger charge is 1.97. The summed E-state index contributed by atoms with van der Waals surface area (Å²) >= 11 is 3.23. The zero-order valence-electron chi connectivity index (χ0n) is 6.83. The van der Waals surface area contributed by atoms with Crippen LogP contribution in [0.1, 0.15) is 0 Å². The summed E-state index contributed by atoms with van der Waals surface area (Å²) in [5.74, 6) is 0. The Labute approximate surface area is 84.2 Å². The summed E-state index contributed by atoms with van der Waals surface area (Å²) in [7, 11) is 0. The number of benzene rings is 1. The number of halogens is 1. The van der Waals surface area contributed by atoms with Gasteiger partial charge < -0.3 is 0 Å². The van der Waals surface area contributed by atoms with Gasteiger partial charge >= 0.3 is 0 Å². The molecule has 2 aromatic carbocycles. The summed E-state index contributed by atoms with van der Waals surface area (Å²) in [6.07, 6.45) is 0. The third-order valence-electron chi connectivity index (χ3n) is 1.94. The fourth-order valence-corrected chi connectivity index (χ4v) is 1.66. The number of rotatable bonds is 0. The summed E-state index contributed by atoms with van der Waals surface area (Å²) in [4.78, 5) is 11.7. The van der Waals surface area contributed by atoms with Crippen LogP contribution >= 0.6 is 15.9 Å².